The minimum Gasteiger partial charge on any atom is -0.492 e. The van der Waals surface area contributed by atoms with Crippen LogP contribution in [0, 0.1) is 0 Å². The summed E-state index contributed by atoms with van der Waals surface area (Å²) in [6, 6.07) is 4.21. The fourth-order valence-electron chi connectivity index (χ4n) is 4.19. The zero-order chi connectivity index (χ0) is 25.4. The van der Waals surface area contributed by atoms with Crippen LogP contribution in [-0.4, -0.2) is 66.3 Å². The molecule has 12 heteroatoms. The molecule has 0 radical (unpaired) electrons. The lowest BCUT2D eigenvalue weighted by Crippen LogP contribution is -2.81. The van der Waals surface area contributed by atoms with Gasteiger partial charge in [-0.05, 0) is 32.9 Å². The first-order valence-electron chi connectivity index (χ1n) is 10.9. The molecule has 0 saturated carbocycles. The van der Waals surface area contributed by atoms with Gasteiger partial charge in [-0.15, -0.1) is 0 Å². The Morgan fingerprint density at radius 2 is 1.40 bits per heavy atom. The van der Waals surface area contributed by atoms with Gasteiger partial charge in [0.2, 0.25) is 0 Å². The van der Waals surface area contributed by atoms with Gasteiger partial charge >= 0.3 is 35.7 Å². The number of anilines is 1. The molecule has 0 N–H and O–H groups in total. The summed E-state index contributed by atoms with van der Waals surface area (Å²) in [7, 11) is 0. The van der Waals surface area contributed by atoms with Gasteiger partial charge in [0.1, 0.15) is 5.75 Å². The maximum atomic E-state index is 12.8. The standard InChI is InChI=1S/C23H23ClN2O9/c1-4-31-17-13-15(24)5-6-16(17)26-12-11-25(14(2)3)22(32-18(27)7-8-19(28)33-22)23(26)34-20(29)9-10-21(30)35-23/h5-10,13-14H,4,11-12H2,1-3H3. The van der Waals surface area contributed by atoms with E-state index in [1.165, 1.54) is 15.9 Å². The first kappa shape index (κ1) is 24.6. The molecule has 0 amide bonds. The van der Waals surface area contributed by atoms with Crippen molar-refractivity contribution in [1.82, 2.24) is 4.90 Å². The highest BCUT2D eigenvalue weighted by molar-refractivity contribution is 6.30. The van der Waals surface area contributed by atoms with Crippen molar-refractivity contribution in [3.63, 3.8) is 0 Å². The summed E-state index contributed by atoms with van der Waals surface area (Å²) in [6.45, 7) is 5.72. The van der Waals surface area contributed by atoms with E-state index in [1.807, 2.05) is 0 Å². The van der Waals surface area contributed by atoms with E-state index in [4.69, 9.17) is 35.3 Å². The molecule has 2 spiro atoms. The zero-order valence-corrected chi connectivity index (χ0v) is 19.9. The third kappa shape index (κ3) is 4.21. The number of hydrogen-bond acceptors (Lipinski definition) is 11. The van der Waals surface area contributed by atoms with Gasteiger partial charge in [-0.2, -0.15) is 0 Å². The molecule has 1 fully saturated rings. The lowest BCUT2D eigenvalue weighted by molar-refractivity contribution is -0.419. The number of carbonyl (C=O) groups is 4. The van der Waals surface area contributed by atoms with Gasteiger partial charge in [0, 0.05) is 54.5 Å². The topological polar surface area (TPSA) is 121 Å². The molecule has 3 heterocycles. The SMILES string of the molecule is CCOc1cc(Cl)ccc1N1CCN(C(C)C)C2(OC(=O)C=CC(=O)O2)C12OC(=O)C=CC(=O)O2. The molecule has 0 unspecified atom stereocenters. The van der Waals surface area contributed by atoms with Crippen molar-refractivity contribution in [2.24, 2.45) is 0 Å². The van der Waals surface area contributed by atoms with Crippen LogP contribution in [0.4, 0.5) is 5.69 Å². The van der Waals surface area contributed by atoms with Crippen molar-refractivity contribution in [3.05, 3.63) is 47.5 Å². The van der Waals surface area contributed by atoms with Crippen LogP contribution < -0.4 is 9.64 Å². The molecule has 186 valence electrons. The van der Waals surface area contributed by atoms with Gasteiger partial charge in [-0.25, -0.2) is 24.1 Å². The Kier molecular flexibility index (Phi) is 6.48. The zero-order valence-electron chi connectivity index (χ0n) is 19.2. The molecule has 3 aliphatic heterocycles. The van der Waals surface area contributed by atoms with E-state index < -0.39 is 41.7 Å². The van der Waals surface area contributed by atoms with Gasteiger partial charge < -0.3 is 23.7 Å². The van der Waals surface area contributed by atoms with Crippen molar-refractivity contribution in [3.8, 4) is 5.75 Å². The van der Waals surface area contributed by atoms with Gasteiger partial charge in [-0.3, -0.25) is 4.90 Å². The Balaban J connectivity index is 2.02. The third-order valence-electron chi connectivity index (χ3n) is 5.50. The molecule has 1 saturated heterocycles. The maximum Gasteiger partial charge on any atom is 0.443 e. The second-order valence-electron chi connectivity index (χ2n) is 8.00. The molecule has 4 rings (SSSR count). The van der Waals surface area contributed by atoms with E-state index in [1.54, 1.807) is 32.9 Å². The van der Waals surface area contributed by atoms with Gasteiger partial charge in [0.25, 0.3) is 0 Å². The van der Waals surface area contributed by atoms with Crippen molar-refractivity contribution in [2.75, 3.05) is 24.6 Å². The lowest BCUT2D eigenvalue weighted by Gasteiger charge is -2.57. The number of carbonyl (C=O) groups excluding carboxylic acids is 4. The van der Waals surface area contributed by atoms with Crippen molar-refractivity contribution < 1.29 is 42.9 Å². The largest absolute Gasteiger partial charge is 0.492 e. The predicted molar refractivity (Wildman–Crippen MR) is 120 cm³/mol. The van der Waals surface area contributed by atoms with E-state index in [0.29, 0.717) is 5.02 Å². The minimum atomic E-state index is -2.59. The normalized spacial score (nSPS) is 21.3. The smallest absolute Gasteiger partial charge is 0.443 e. The van der Waals surface area contributed by atoms with Gasteiger partial charge in [0.15, 0.2) is 0 Å². The number of nitrogens with zero attached hydrogens (tertiary/aromatic N) is 2. The molecule has 0 atom stereocenters. The summed E-state index contributed by atoms with van der Waals surface area (Å²) in [6.07, 6.45) is 3.46. The molecule has 1 aromatic carbocycles. The predicted octanol–water partition coefficient (Wildman–Crippen LogP) is 1.89. The second-order valence-corrected chi connectivity index (χ2v) is 8.44. The number of esters is 4. The van der Waals surface area contributed by atoms with Crippen LogP contribution in [0.5, 0.6) is 5.75 Å². The number of hydrogen-bond donors (Lipinski definition) is 0. The van der Waals surface area contributed by atoms with Crippen LogP contribution in [0.1, 0.15) is 20.8 Å². The Labute approximate surface area is 205 Å². The fraction of sp³-hybridized carbons (Fsp3) is 0.391. The van der Waals surface area contributed by atoms with Crippen LogP contribution >= 0.6 is 11.6 Å². The van der Waals surface area contributed by atoms with E-state index in [-0.39, 0.29) is 31.1 Å². The quantitative estimate of drug-likeness (QED) is 0.556. The van der Waals surface area contributed by atoms with E-state index >= 15 is 0 Å². The highest BCUT2D eigenvalue weighted by Crippen LogP contribution is 2.48. The second kappa shape index (κ2) is 9.23. The molecule has 1 aromatic rings. The number of benzene rings is 1. The molecule has 0 aliphatic carbocycles. The van der Waals surface area contributed by atoms with Crippen molar-refractivity contribution in [1.29, 1.82) is 0 Å². The highest BCUT2D eigenvalue weighted by atomic mass is 35.5. The van der Waals surface area contributed by atoms with Crippen LogP contribution in [0.15, 0.2) is 42.5 Å². The van der Waals surface area contributed by atoms with Crippen LogP contribution in [0.25, 0.3) is 0 Å². The summed E-state index contributed by atoms with van der Waals surface area (Å²) >= 11 is 6.17. The summed E-state index contributed by atoms with van der Waals surface area (Å²) < 4.78 is 28.5. The van der Waals surface area contributed by atoms with E-state index in [2.05, 4.69) is 0 Å². The van der Waals surface area contributed by atoms with Crippen molar-refractivity contribution >= 4 is 41.2 Å². The van der Waals surface area contributed by atoms with Gasteiger partial charge in [-0.1, -0.05) is 11.6 Å². The minimum absolute atomic E-state index is 0.0741. The van der Waals surface area contributed by atoms with Gasteiger partial charge in [0.05, 0.1) is 12.3 Å². The maximum absolute atomic E-state index is 12.8. The first-order chi connectivity index (χ1) is 16.6. The number of halogens is 1. The molecule has 11 nitrogen and oxygen atoms in total. The Morgan fingerprint density at radius 1 is 0.886 bits per heavy atom. The first-order valence-corrected chi connectivity index (χ1v) is 11.2. The van der Waals surface area contributed by atoms with E-state index in [9.17, 15) is 19.2 Å². The Bertz CT molecular complexity index is 1090. The fourth-order valence-corrected chi connectivity index (χ4v) is 4.36. The molecule has 3 aliphatic rings. The number of fused-ring (bicyclic) bond motifs is 1. The monoisotopic (exact) mass is 506 g/mol. The summed E-state index contributed by atoms with van der Waals surface area (Å²) in [5, 5.41) is 0.356. The summed E-state index contributed by atoms with van der Waals surface area (Å²) in [5.41, 5.74) is 0.283. The Morgan fingerprint density at radius 3 is 1.89 bits per heavy atom. The molecule has 0 bridgehead atoms. The van der Waals surface area contributed by atoms with Crippen LogP contribution in [0.2, 0.25) is 5.02 Å². The summed E-state index contributed by atoms with van der Waals surface area (Å²) in [5.74, 6) is -8.80. The average molecular weight is 507 g/mol. The molecule has 35 heavy (non-hydrogen) atoms. The van der Waals surface area contributed by atoms with Crippen LogP contribution in [0.3, 0.4) is 0 Å². The number of ether oxygens (including phenoxy) is 5. The van der Waals surface area contributed by atoms with E-state index in [0.717, 1.165) is 24.3 Å². The third-order valence-corrected chi connectivity index (χ3v) is 5.73. The summed E-state index contributed by atoms with van der Waals surface area (Å²) in [4.78, 5) is 53.7. The van der Waals surface area contributed by atoms with Crippen molar-refractivity contribution in [2.45, 2.75) is 38.6 Å². The highest BCUT2D eigenvalue weighted by Gasteiger charge is 2.75. The molecular formula is C23H23ClN2O9. The average Bonchev–Trinajstić information content (AvgIpc) is 3.03. The number of piperazine rings is 1. The number of rotatable bonds is 4. The molecule has 0 aromatic heterocycles. The molecular weight excluding hydrogens is 484 g/mol. The Hall–Kier alpha value is -3.57. The van der Waals surface area contributed by atoms with Crippen LogP contribution in [-0.2, 0) is 38.1 Å². The lowest BCUT2D eigenvalue weighted by atomic mass is 10.1.